The van der Waals surface area contributed by atoms with E-state index in [-0.39, 0.29) is 60.0 Å². The average molecular weight is 560 g/mol. The Kier molecular flexibility index (Phi) is 8.30. The molecule has 0 heterocycles. The molecule has 0 bridgehead atoms. The van der Waals surface area contributed by atoms with E-state index in [1.54, 1.807) is 0 Å². The van der Waals surface area contributed by atoms with Crippen molar-refractivity contribution in [3.05, 3.63) is 0 Å². The average Bonchev–Trinajstić information content (AvgIpc) is 3.13. The second kappa shape index (κ2) is 10.6. The van der Waals surface area contributed by atoms with Crippen LogP contribution in [0.15, 0.2) is 0 Å². The van der Waals surface area contributed by atoms with Crippen molar-refractivity contribution >= 4 is 22.0 Å². The van der Waals surface area contributed by atoms with Crippen molar-refractivity contribution in [2.24, 2.45) is 52.3 Å². The summed E-state index contributed by atoms with van der Waals surface area (Å²) in [4.78, 5) is 24.8. The van der Waals surface area contributed by atoms with Crippen LogP contribution in [0.4, 0.5) is 0 Å². The summed E-state index contributed by atoms with van der Waals surface area (Å²) in [5.41, 5.74) is -0.850. The number of carbonyl (C=O) groups excluding carboxylic acids is 1. The highest BCUT2D eigenvalue weighted by Gasteiger charge is 2.68. The van der Waals surface area contributed by atoms with Gasteiger partial charge in [0, 0.05) is 18.4 Å². The van der Waals surface area contributed by atoms with Gasteiger partial charge in [-0.05, 0) is 85.9 Å². The molecule has 1 amide bonds. The van der Waals surface area contributed by atoms with Crippen LogP contribution in [0.2, 0.25) is 0 Å². The molecule has 4 rings (SSSR count). The monoisotopic (exact) mass is 559 g/mol. The normalized spacial score (nSPS) is 45.4. The first-order valence-electron chi connectivity index (χ1n) is 14.1. The van der Waals surface area contributed by atoms with Crippen LogP contribution in [0.1, 0.15) is 72.1 Å². The van der Waals surface area contributed by atoms with Crippen LogP contribution in [0, 0.1) is 52.3 Å². The Morgan fingerprint density at radius 2 is 1.74 bits per heavy atom. The lowest BCUT2D eigenvalue weighted by molar-refractivity contribution is -0.207. The molecule has 38 heavy (non-hydrogen) atoms. The maximum absolute atomic E-state index is 12.5. The Bertz CT molecular complexity index is 1020. The minimum atomic E-state index is -4.18. The Morgan fingerprint density at radius 1 is 1.05 bits per heavy atom. The van der Waals surface area contributed by atoms with Gasteiger partial charge in [0.15, 0.2) is 0 Å². The van der Waals surface area contributed by atoms with Gasteiger partial charge in [-0.25, -0.2) is 0 Å². The van der Waals surface area contributed by atoms with Crippen molar-refractivity contribution in [2.45, 2.75) is 90.4 Å². The molecular formula is C27H45NO9S. The summed E-state index contributed by atoms with van der Waals surface area (Å²) in [6.07, 6.45) is 2.35. The molecule has 218 valence electrons. The van der Waals surface area contributed by atoms with Crippen molar-refractivity contribution in [2.75, 3.05) is 12.3 Å². The zero-order chi connectivity index (χ0) is 28.2. The number of nitrogens with one attached hydrogen (secondary N) is 1. The molecule has 4 fully saturated rings. The summed E-state index contributed by atoms with van der Waals surface area (Å²) < 4.78 is 30.6. The Hall–Kier alpha value is -1.27. The SMILES string of the molecule is C[C@H](CCC(=O)NCCS(=O)(=O)O)[C@H]1[C@@H](C(=O)O)C[C@H]2[C@@H]3[C@H](O)CC4C[C@H](O)CC[C@]4(C)[C@H]3C[C@H](O)[C@]12C. The standard InChI is InChI=1S/C27H45NO9S/c1-14(4-5-22(32)28-8-9-38(35,36)37)24-17(25(33)34)12-19-23-18(13-21(31)27(19,24)3)26(2)7-6-16(29)10-15(26)11-20(23)30/h14-21,23-24,29-31H,4-13H2,1-3H3,(H,28,32)(H,33,34)(H,35,36,37)/t14-,15?,16-,17+,18+,19+,20-,21+,23-,24+,26+,27-/m1/s1. The summed E-state index contributed by atoms with van der Waals surface area (Å²) in [5, 5.41) is 46.2. The first-order valence-corrected chi connectivity index (χ1v) is 15.7. The molecule has 0 radical (unpaired) electrons. The topological polar surface area (TPSA) is 181 Å². The molecule has 0 aromatic heterocycles. The summed E-state index contributed by atoms with van der Waals surface area (Å²) >= 11 is 0. The third-order valence-corrected chi connectivity index (χ3v) is 12.1. The summed E-state index contributed by atoms with van der Waals surface area (Å²) in [7, 11) is -4.18. The van der Waals surface area contributed by atoms with Gasteiger partial charge < -0.3 is 25.7 Å². The number of carboxylic acids is 1. The number of aliphatic hydroxyl groups is 3. The fraction of sp³-hybridized carbons (Fsp3) is 0.926. The lowest BCUT2D eigenvalue weighted by atomic mass is 9.43. The van der Waals surface area contributed by atoms with Crippen LogP contribution in [0.25, 0.3) is 0 Å². The van der Waals surface area contributed by atoms with E-state index in [9.17, 15) is 38.4 Å². The van der Waals surface area contributed by atoms with E-state index in [0.29, 0.717) is 38.5 Å². The second-order valence-corrected chi connectivity index (χ2v) is 14.8. The number of hydrogen-bond acceptors (Lipinski definition) is 7. The molecule has 12 atom stereocenters. The van der Waals surface area contributed by atoms with Crippen molar-refractivity contribution in [3.63, 3.8) is 0 Å². The number of fused-ring (bicyclic) bond motifs is 5. The number of rotatable bonds is 8. The molecule has 0 aliphatic heterocycles. The van der Waals surface area contributed by atoms with E-state index in [1.165, 1.54) is 0 Å². The molecule has 4 aliphatic rings. The summed E-state index contributed by atoms with van der Waals surface area (Å²) in [5.74, 6) is -3.26. The maximum atomic E-state index is 12.5. The van der Waals surface area contributed by atoms with Crippen LogP contribution in [0.5, 0.6) is 0 Å². The zero-order valence-corrected chi connectivity index (χ0v) is 23.4. The number of hydrogen-bond donors (Lipinski definition) is 6. The predicted molar refractivity (Wildman–Crippen MR) is 138 cm³/mol. The van der Waals surface area contributed by atoms with Crippen LogP contribution in [0.3, 0.4) is 0 Å². The molecule has 0 aromatic rings. The van der Waals surface area contributed by atoms with E-state index < -0.39 is 51.3 Å². The highest BCUT2D eigenvalue weighted by Crippen LogP contribution is 2.69. The van der Waals surface area contributed by atoms with Gasteiger partial charge in [-0.3, -0.25) is 14.1 Å². The number of aliphatic hydroxyl groups excluding tert-OH is 3. The smallest absolute Gasteiger partial charge is 0.306 e. The fourth-order valence-electron chi connectivity index (χ4n) is 9.48. The molecule has 0 aromatic carbocycles. The number of aliphatic carboxylic acids is 1. The van der Waals surface area contributed by atoms with E-state index in [2.05, 4.69) is 12.2 Å². The maximum Gasteiger partial charge on any atom is 0.306 e. The lowest BCUT2D eigenvalue weighted by Gasteiger charge is -2.63. The summed E-state index contributed by atoms with van der Waals surface area (Å²) in [6, 6.07) is 0. The van der Waals surface area contributed by atoms with Gasteiger partial charge in [0.05, 0.1) is 30.0 Å². The Morgan fingerprint density at radius 3 is 2.37 bits per heavy atom. The molecule has 10 nitrogen and oxygen atoms in total. The first-order chi connectivity index (χ1) is 17.6. The van der Waals surface area contributed by atoms with Gasteiger partial charge in [0.25, 0.3) is 10.1 Å². The van der Waals surface area contributed by atoms with E-state index in [1.807, 2.05) is 13.8 Å². The second-order valence-electron chi connectivity index (χ2n) is 13.2. The van der Waals surface area contributed by atoms with Crippen molar-refractivity contribution < 1.29 is 43.0 Å². The van der Waals surface area contributed by atoms with Gasteiger partial charge >= 0.3 is 5.97 Å². The van der Waals surface area contributed by atoms with Crippen molar-refractivity contribution in [1.29, 1.82) is 0 Å². The summed E-state index contributed by atoms with van der Waals surface area (Å²) in [6.45, 7) is 5.91. The van der Waals surface area contributed by atoms with Gasteiger partial charge in [-0.2, -0.15) is 8.42 Å². The Balaban J connectivity index is 1.54. The molecule has 4 aliphatic carbocycles. The number of carbonyl (C=O) groups is 2. The molecular weight excluding hydrogens is 514 g/mol. The minimum absolute atomic E-state index is 0.0499. The van der Waals surface area contributed by atoms with Gasteiger partial charge in [0.2, 0.25) is 5.91 Å². The number of carboxylic acid groups (broad SMARTS) is 1. The van der Waals surface area contributed by atoms with Gasteiger partial charge in [-0.15, -0.1) is 0 Å². The minimum Gasteiger partial charge on any atom is -0.481 e. The first kappa shape index (κ1) is 29.7. The lowest BCUT2D eigenvalue weighted by Crippen LogP contribution is -2.62. The predicted octanol–water partition coefficient (Wildman–Crippen LogP) is 1.68. The van der Waals surface area contributed by atoms with Crippen molar-refractivity contribution in [3.8, 4) is 0 Å². The van der Waals surface area contributed by atoms with Crippen LogP contribution in [-0.2, 0) is 19.7 Å². The molecule has 0 spiro atoms. The van der Waals surface area contributed by atoms with E-state index >= 15 is 0 Å². The van der Waals surface area contributed by atoms with E-state index in [0.717, 1.165) is 6.42 Å². The molecule has 0 saturated heterocycles. The van der Waals surface area contributed by atoms with Crippen LogP contribution in [-0.4, -0.2) is 75.9 Å². The molecule has 4 saturated carbocycles. The zero-order valence-electron chi connectivity index (χ0n) is 22.6. The third-order valence-electron chi connectivity index (χ3n) is 11.3. The van der Waals surface area contributed by atoms with Gasteiger partial charge in [-0.1, -0.05) is 20.8 Å². The van der Waals surface area contributed by atoms with Crippen LogP contribution < -0.4 is 5.32 Å². The number of amides is 1. The van der Waals surface area contributed by atoms with E-state index in [4.69, 9.17) is 4.55 Å². The highest BCUT2D eigenvalue weighted by atomic mass is 32.2. The van der Waals surface area contributed by atoms with Gasteiger partial charge in [0.1, 0.15) is 0 Å². The molecule has 6 N–H and O–H groups in total. The molecule has 11 heteroatoms. The highest BCUT2D eigenvalue weighted by molar-refractivity contribution is 7.85. The fourth-order valence-corrected chi connectivity index (χ4v) is 9.84. The molecule has 1 unspecified atom stereocenters. The third kappa shape index (κ3) is 5.25. The Labute approximate surface area is 225 Å². The quantitative estimate of drug-likeness (QED) is 0.241. The van der Waals surface area contributed by atoms with Crippen molar-refractivity contribution in [1.82, 2.24) is 5.32 Å². The van der Waals surface area contributed by atoms with Crippen LogP contribution >= 0.6 is 0 Å². The largest absolute Gasteiger partial charge is 0.481 e.